The van der Waals surface area contributed by atoms with Gasteiger partial charge in [-0.25, -0.2) is 0 Å². The van der Waals surface area contributed by atoms with Gasteiger partial charge < -0.3 is 5.32 Å². The van der Waals surface area contributed by atoms with Crippen LogP contribution >= 0.6 is 0 Å². The van der Waals surface area contributed by atoms with Crippen LogP contribution in [0.3, 0.4) is 0 Å². The molecule has 0 spiro atoms. The number of benzene rings is 1. The minimum absolute atomic E-state index is 0.845. The van der Waals surface area contributed by atoms with Gasteiger partial charge in [0.2, 0.25) is 0 Å². The SMILES string of the molecule is CCCCCCCCCCCCCCCc1cccc(N[C]=O)c1. The third-order valence-corrected chi connectivity index (χ3v) is 4.69. The molecule has 0 aliphatic carbocycles. The lowest BCUT2D eigenvalue weighted by Gasteiger charge is -2.05. The van der Waals surface area contributed by atoms with E-state index in [4.69, 9.17) is 0 Å². The molecule has 0 heterocycles. The van der Waals surface area contributed by atoms with Gasteiger partial charge >= 0.3 is 6.41 Å². The first-order valence-corrected chi connectivity index (χ1v) is 10.1. The van der Waals surface area contributed by atoms with Gasteiger partial charge in [-0.15, -0.1) is 0 Å². The molecule has 1 aromatic carbocycles. The zero-order chi connectivity index (χ0) is 17.3. The van der Waals surface area contributed by atoms with Gasteiger partial charge in [-0.3, -0.25) is 4.79 Å². The van der Waals surface area contributed by atoms with Crippen molar-refractivity contribution in [1.29, 1.82) is 0 Å². The lowest BCUT2D eigenvalue weighted by atomic mass is 10.0. The van der Waals surface area contributed by atoms with E-state index >= 15 is 0 Å². The Morgan fingerprint density at radius 3 is 1.88 bits per heavy atom. The first kappa shape index (κ1) is 20.7. The van der Waals surface area contributed by atoms with Crippen LogP contribution in [0.2, 0.25) is 0 Å². The minimum Gasteiger partial charge on any atom is -0.318 e. The van der Waals surface area contributed by atoms with E-state index in [1.165, 1.54) is 89.0 Å². The van der Waals surface area contributed by atoms with Gasteiger partial charge in [0.05, 0.1) is 0 Å². The quantitative estimate of drug-likeness (QED) is 0.262. The minimum atomic E-state index is 0.845. The molecule has 2 heteroatoms. The molecule has 0 saturated carbocycles. The van der Waals surface area contributed by atoms with Gasteiger partial charge in [0, 0.05) is 5.69 Å². The normalized spacial score (nSPS) is 10.7. The second-order valence-corrected chi connectivity index (χ2v) is 6.92. The second kappa shape index (κ2) is 15.2. The van der Waals surface area contributed by atoms with Crippen molar-refractivity contribution < 1.29 is 4.79 Å². The van der Waals surface area contributed by atoms with Crippen LogP contribution in [0.5, 0.6) is 0 Å². The molecule has 0 saturated heterocycles. The molecule has 2 nitrogen and oxygen atoms in total. The van der Waals surface area contributed by atoms with E-state index in [9.17, 15) is 4.79 Å². The molecule has 0 bridgehead atoms. The van der Waals surface area contributed by atoms with E-state index in [-0.39, 0.29) is 0 Å². The summed E-state index contributed by atoms with van der Waals surface area (Å²) in [5.74, 6) is 0. The van der Waals surface area contributed by atoms with E-state index < -0.39 is 0 Å². The zero-order valence-corrected chi connectivity index (χ0v) is 15.6. The summed E-state index contributed by atoms with van der Waals surface area (Å²) in [5, 5.41) is 2.59. The first-order valence-electron chi connectivity index (χ1n) is 10.1. The summed E-state index contributed by atoms with van der Waals surface area (Å²) in [6.07, 6.45) is 20.9. The molecule has 0 fully saturated rings. The largest absolute Gasteiger partial charge is 0.318 e. The standard InChI is InChI=1S/C22H36NO/c1-2-3-4-5-6-7-8-9-10-11-12-13-14-16-21-17-15-18-22(19-21)23-20-24/h15,17-19H,2-14,16H2,1H3,(H,23,24). The van der Waals surface area contributed by atoms with Crippen molar-refractivity contribution in [3.05, 3.63) is 29.8 Å². The number of carbonyl (C=O) groups excluding carboxylic acids is 1. The molecular weight excluding hydrogens is 294 g/mol. The van der Waals surface area contributed by atoms with Gasteiger partial charge in [-0.2, -0.15) is 0 Å². The molecule has 0 aliphatic heterocycles. The molecule has 135 valence electrons. The number of amides is 1. The van der Waals surface area contributed by atoms with Crippen molar-refractivity contribution in [3.8, 4) is 0 Å². The average molecular weight is 331 g/mol. The molecule has 1 amide bonds. The third kappa shape index (κ3) is 11.3. The van der Waals surface area contributed by atoms with Crippen molar-refractivity contribution in [3.63, 3.8) is 0 Å². The van der Waals surface area contributed by atoms with Crippen LogP contribution in [0.4, 0.5) is 5.69 Å². The molecule has 0 atom stereocenters. The number of hydrogen-bond donors (Lipinski definition) is 1. The topological polar surface area (TPSA) is 29.1 Å². The van der Waals surface area contributed by atoms with Crippen molar-refractivity contribution in [2.45, 2.75) is 96.8 Å². The van der Waals surface area contributed by atoms with Gasteiger partial charge in [-0.05, 0) is 30.5 Å². The predicted octanol–water partition coefficient (Wildman–Crippen LogP) is 6.80. The van der Waals surface area contributed by atoms with Crippen molar-refractivity contribution >= 4 is 12.1 Å². The Morgan fingerprint density at radius 1 is 0.792 bits per heavy atom. The summed E-state index contributed by atoms with van der Waals surface area (Å²) in [5.41, 5.74) is 2.15. The first-order chi connectivity index (χ1) is 11.9. The van der Waals surface area contributed by atoms with Crippen LogP contribution in [-0.2, 0) is 11.2 Å². The maximum absolute atomic E-state index is 10.3. The van der Waals surface area contributed by atoms with E-state index in [1.54, 1.807) is 6.41 Å². The van der Waals surface area contributed by atoms with Crippen molar-refractivity contribution in [1.82, 2.24) is 0 Å². The summed E-state index contributed by atoms with van der Waals surface area (Å²) in [4.78, 5) is 10.3. The maximum Gasteiger partial charge on any atom is 0.314 e. The second-order valence-electron chi connectivity index (χ2n) is 6.92. The Balaban J connectivity index is 1.88. The Bertz CT molecular complexity index is 416. The number of unbranched alkanes of at least 4 members (excludes halogenated alkanes) is 12. The number of aryl methyl sites for hydroxylation is 1. The number of anilines is 1. The van der Waals surface area contributed by atoms with E-state index in [0.717, 1.165) is 12.1 Å². The fourth-order valence-electron chi connectivity index (χ4n) is 3.21. The van der Waals surface area contributed by atoms with Crippen molar-refractivity contribution in [2.75, 3.05) is 5.32 Å². The van der Waals surface area contributed by atoms with Gasteiger partial charge in [-0.1, -0.05) is 96.1 Å². The van der Waals surface area contributed by atoms with Crippen LogP contribution < -0.4 is 5.32 Å². The highest BCUT2D eigenvalue weighted by molar-refractivity contribution is 5.71. The molecule has 0 aromatic heterocycles. The predicted molar refractivity (Wildman–Crippen MR) is 105 cm³/mol. The Kier molecular flexibility index (Phi) is 13.2. The summed E-state index contributed by atoms with van der Waals surface area (Å²) in [6, 6.07) is 8.08. The maximum atomic E-state index is 10.3. The van der Waals surface area contributed by atoms with Gasteiger partial charge in [0.1, 0.15) is 0 Å². The number of hydrogen-bond acceptors (Lipinski definition) is 1. The van der Waals surface area contributed by atoms with Crippen LogP contribution in [0.25, 0.3) is 0 Å². The summed E-state index contributed by atoms with van der Waals surface area (Å²) in [6.45, 7) is 2.28. The fraction of sp³-hybridized carbons (Fsp3) is 0.682. The zero-order valence-electron chi connectivity index (χ0n) is 15.6. The molecule has 0 aliphatic rings. The molecule has 1 radical (unpaired) electrons. The highest BCUT2D eigenvalue weighted by Crippen LogP contribution is 2.15. The van der Waals surface area contributed by atoms with E-state index in [1.807, 2.05) is 18.2 Å². The lowest BCUT2D eigenvalue weighted by molar-refractivity contribution is 0.539. The molecule has 1 N–H and O–H groups in total. The van der Waals surface area contributed by atoms with Crippen LogP contribution in [0, 0.1) is 0 Å². The van der Waals surface area contributed by atoms with Gasteiger partial charge in [0.25, 0.3) is 0 Å². The highest BCUT2D eigenvalue weighted by atomic mass is 16.1. The summed E-state index contributed by atoms with van der Waals surface area (Å²) in [7, 11) is 0. The average Bonchev–Trinajstić information content (AvgIpc) is 2.60. The molecule has 0 unspecified atom stereocenters. The van der Waals surface area contributed by atoms with Gasteiger partial charge in [0.15, 0.2) is 0 Å². The fourth-order valence-corrected chi connectivity index (χ4v) is 3.21. The molecule has 1 rings (SSSR count). The lowest BCUT2D eigenvalue weighted by Crippen LogP contribution is -1.94. The van der Waals surface area contributed by atoms with E-state index in [0.29, 0.717) is 0 Å². The number of rotatable bonds is 16. The van der Waals surface area contributed by atoms with Crippen LogP contribution in [0.15, 0.2) is 24.3 Å². The molecule has 24 heavy (non-hydrogen) atoms. The summed E-state index contributed by atoms with van der Waals surface area (Å²) >= 11 is 0. The molecular formula is C22H36NO. The Morgan fingerprint density at radius 2 is 1.33 bits per heavy atom. The van der Waals surface area contributed by atoms with Crippen LogP contribution in [0.1, 0.15) is 96.0 Å². The smallest absolute Gasteiger partial charge is 0.314 e. The van der Waals surface area contributed by atoms with Crippen LogP contribution in [-0.4, -0.2) is 6.41 Å². The van der Waals surface area contributed by atoms with Crippen molar-refractivity contribution in [2.24, 2.45) is 0 Å². The highest BCUT2D eigenvalue weighted by Gasteiger charge is 1.97. The third-order valence-electron chi connectivity index (χ3n) is 4.69. The monoisotopic (exact) mass is 330 g/mol. The van der Waals surface area contributed by atoms with E-state index in [2.05, 4.69) is 18.3 Å². The Labute approximate surface area is 149 Å². The summed E-state index contributed by atoms with van der Waals surface area (Å²) < 4.78 is 0. The number of nitrogens with one attached hydrogen (secondary N) is 1. The molecule has 1 aromatic rings. The Hall–Kier alpha value is -1.31.